The SMILES string of the molecule is O=C(O)c1ccc(O)cc1C(=O)c1ccccc1. The highest BCUT2D eigenvalue weighted by molar-refractivity contribution is 6.14. The first-order valence-corrected chi connectivity index (χ1v) is 5.25. The van der Waals surface area contributed by atoms with Gasteiger partial charge in [-0.1, -0.05) is 30.3 Å². The maximum atomic E-state index is 12.1. The number of hydrogen-bond donors (Lipinski definition) is 2. The van der Waals surface area contributed by atoms with Gasteiger partial charge in [0.25, 0.3) is 0 Å². The van der Waals surface area contributed by atoms with Crippen LogP contribution in [0.25, 0.3) is 0 Å². The number of carboxylic acids is 1. The van der Waals surface area contributed by atoms with E-state index < -0.39 is 11.8 Å². The summed E-state index contributed by atoms with van der Waals surface area (Å²) in [5.41, 5.74) is 0.237. The fourth-order valence-corrected chi connectivity index (χ4v) is 1.65. The van der Waals surface area contributed by atoms with Gasteiger partial charge in [-0.25, -0.2) is 4.79 Å². The number of carboxylic acid groups (broad SMARTS) is 1. The van der Waals surface area contributed by atoms with E-state index in [0.717, 1.165) is 0 Å². The molecule has 0 bridgehead atoms. The molecular formula is C14H10O4. The van der Waals surface area contributed by atoms with Gasteiger partial charge in [-0.15, -0.1) is 0 Å². The summed E-state index contributed by atoms with van der Waals surface area (Å²) in [7, 11) is 0. The number of carbonyl (C=O) groups excluding carboxylic acids is 1. The van der Waals surface area contributed by atoms with Crippen LogP contribution >= 0.6 is 0 Å². The van der Waals surface area contributed by atoms with Gasteiger partial charge in [-0.2, -0.15) is 0 Å². The van der Waals surface area contributed by atoms with Crippen molar-refractivity contribution in [1.82, 2.24) is 0 Å². The maximum Gasteiger partial charge on any atom is 0.336 e. The molecule has 0 radical (unpaired) electrons. The van der Waals surface area contributed by atoms with Crippen LogP contribution in [-0.4, -0.2) is 22.0 Å². The fourth-order valence-electron chi connectivity index (χ4n) is 1.65. The third-order valence-electron chi connectivity index (χ3n) is 2.51. The maximum absolute atomic E-state index is 12.1. The Bertz CT molecular complexity index is 602. The molecular weight excluding hydrogens is 232 g/mol. The summed E-state index contributed by atoms with van der Waals surface area (Å²) < 4.78 is 0. The molecule has 90 valence electrons. The van der Waals surface area contributed by atoms with E-state index >= 15 is 0 Å². The second kappa shape index (κ2) is 4.71. The number of carbonyl (C=O) groups is 2. The predicted octanol–water partition coefficient (Wildman–Crippen LogP) is 2.32. The van der Waals surface area contributed by atoms with Crippen molar-refractivity contribution < 1.29 is 19.8 Å². The van der Waals surface area contributed by atoms with Gasteiger partial charge in [0.05, 0.1) is 5.56 Å². The van der Waals surface area contributed by atoms with Crippen molar-refractivity contribution in [1.29, 1.82) is 0 Å². The largest absolute Gasteiger partial charge is 0.508 e. The van der Waals surface area contributed by atoms with Crippen molar-refractivity contribution in [2.75, 3.05) is 0 Å². The molecule has 0 saturated heterocycles. The summed E-state index contributed by atoms with van der Waals surface area (Å²) in [5.74, 6) is -1.77. The average molecular weight is 242 g/mol. The Kier molecular flexibility index (Phi) is 3.10. The molecule has 0 aliphatic heterocycles. The molecule has 0 unspecified atom stereocenters. The number of phenolic OH excluding ortho intramolecular Hbond substituents is 1. The van der Waals surface area contributed by atoms with Crippen LogP contribution in [0, 0.1) is 0 Å². The first-order valence-electron chi connectivity index (χ1n) is 5.25. The first kappa shape index (κ1) is 11.9. The van der Waals surface area contributed by atoms with E-state index in [1.54, 1.807) is 30.3 Å². The van der Waals surface area contributed by atoms with E-state index in [1.807, 2.05) is 0 Å². The van der Waals surface area contributed by atoms with Gasteiger partial charge in [-0.05, 0) is 18.2 Å². The summed E-state index contributed by atoms with van der Waals surface area (Å²) in [6.45, 7) is 0. The van der Waals surface area contributed by atoms with Gasteiger partial charge in [0, 0.05) is 11.1 Å². The highest BCUT2D eigenvalue weighted by atomic mass is 16.4. The molecule has 4 nitrogen and oxygen atoms in total. The molecule has 0 amide bonds. The molecule has 2 aromatic rings. The van der Waals surface area contributed by atoms with E-state index in [9.17, 15) is 14.7 Å². The van der Waals surface area contributed by atoms with Crippen molar-refractivity contribution in [2.45, 2.75) is 0 Å². The Hall–Kier alpha value is -2.62. The smallest absolute Gasteiger partial charge is 0.336 e. The lowest BCUT2D eigenvalue weighted by Gasteiger charge is -2.06. The van der Waals surface area contributed by atoms with Gasteiger partial charge < -0.3 is 10.2 Å². The van der Waals surface area contributed by atoms with E-state index in [1.165, 1.54) is 18.2 Å². The molecule has 0 saturated carbocycles. The number of aromatic hydroxyl groups is 1. The minimum Gasteiger partial charge on any atom is -0.508 e. The molecule has 2 N–H and O–H groups in total. The standard InChI is InChI=1S/C14H10O4/c15-10-6-7-11(14(17)18)12(8-10)13(16)9-4-2-1-3-5-9/h1-8,15H,(H,17,18). The molecule has 18 heavy (non-hydrogen) atoms. The van der Waals surface area contributed by atoms with Crippen LogP contribution in [0.1, 0.15) is 26.3 Å². The Morgan fingerprint density at radius 3 is 2.17 bits per heavy atom. The van der Waals surface area contributed by atoms with Crippen LogP contribution in [-0.2, 0) is 0 Å². The predicted molar refractivity (Wildman–Crippen MR) is 64.9 cm³/mol. The van der Waals surface area contributed by atoms with E-state index in [4.69, 9.17) is 5.11 Å². The van der Waals surface area contributed by atoms with Crippen LogP contribution in [0.15, 0.2) is 48.5 Å². The highest BCUT2D eigenvalue weighted by Gasteiger charge is 2.18. The van der Waals surface area contributed by atoms with Crippen molar-refractivity contribution in [3.8, 4) is 5.75 Å². The summed E-state index contributed by atoms with van der Waals surface area (Å²) in [5, 5.41) is 18.4. The number of aromatic carboxylic acids is 1. The van der Waals surface area contributed by atoms with Crippen molar-refractivity contribution in [2.24, 2.45) is 0 Å². The number of benzene rings is 2. The Morgan fingerprint density at radius 2 is 1.56 bits per heavy atom. The molecule has 4 heteroatoms. The lowest BCUT2D eigenvalue weighted by Crippen LogP contribution is -2.09. The number of phenols is 1. The van der Waals surface area contributed by atoms with Gasteiger partial charge in [0.15, 0.2) is 5.78 Å². The zero-order valence-corrected chi connectivity index (χ0v) is 9.33. The molecule has 0 aromatic heterocycles. The quantitative estimate of drug-likeness (QED) is 0.810. The minimum absolute atomic E-state index is 0.0197. The minimum atomic E-state index is -1.20. The zero-order chi connectivity index (χ0) is 13.1. The normalized spacial score (nSPS) is 10.0. The molecule has 0 heterocycles. The van der Waals surface area contributed by atoms with E-state index in [2.05, 4.69) is 0 Å². The second-order valence-corrected chi connectivity index (χ2v) is 3.73. The summed E-state index contributed by atoms with van der Waals surface area (Å²) in [6, 6.07) is 12.0. The molecule has 0 atom stereocenters. The molecule has 2 aromatic carbocycles. The van der Waals surface area contributed by atoms with Gasteiger partial charge in [0.1, 0.15) is 5.75 Å². The average Bonchev–Trinajstić information content (AvgIpc) is 2.38. The Balaban J connectivity index is 2.54. The number of rotatable bonds is 3. The van der Waals surface area contributed by atoms with Crippen LogP contribution < -0.4 is 0 Å². The third kappa shape index (κ3) is 2.22. The van der Waals surface area contributed by atoms with Crippen LogP contribution in [0.4, 0.5) is 0 Å². The van der Waals surface area contributed by atoms with E-state index in [-0.39, 0.29) is 16.9 Å². The van der Waals surface area contributed by atoms with Crippen LogP contribution in [0.5, 0.6) is 5.75 Å². The highest BCUT2D eigenvalue weighted by Crippen LogP contribution is 2.20. The summed E-state index contributed by atoms with van der Waals surface area (Å²) >= 11 is 0. The van der Waals surface area contributed by atoms with Gasteiger partial charge in [0.2, 0.25) is 0 Å². The lowest BCUT2D eigenvalue weighted by atomic mass is 9.98. The van der Waals surface area contributed by atoms with Gasteiger partial charge >= 0.3 is 5.97 Å². The molecule has 0 fully saturated rings. The Labute approximate surface area is 103 Å². The zero-order valence-electron chi connectivity index (χ0n) is 9.33. The molecule has 0 spiro atoms. The van der Waals surface area contributed by atoms with Crippen LogP contribution in [0.2, 0.25) is 0 Å². The van der Waals surface area contributed by atoms with Gasteiger partial charge in [-0.3, -0.25) is 4.79 Å². The van der Waals surface area contributed by atoms with Crippen molar-refractivity contribution >= 4 is 11.8 Å². The number of hydrogen-bond acceptors (Lipinski definition) is 3. The van der Waals surface area contributed by atoms with Crippen LogP contribution in [0.3, 0.4) is 0 Å². The molecule has 0 aliphatic carbocycles. The summed E-state index contributed by atoms with van der Waals surface area (Å²) in [6.07, 6.45) is 0. The fraction of sp³-hybridized carbons (Fsp3) is 0. The van der Waals surface area contributed by atoms with E-state index in [0.29, 0.717) is 5.56 Å². The summed E-state index contributed by atoms with van der Waals surface area (Å²) in [4.78, 5) is 23.2. The topological polar surface area (TPSA) is 74.6 Å². The van der Waals surface area contributed by atoms with Crippen molar-refractivity contribution in [3.05, 3.63) is 65.2 Å². The number of ketones is 1. The first-order chi connectivity index (χ1) is 8.59. The molecule has 2 rings (SSSR count). The van der Waals surface area contributed by atoms with Crippen molar-refractivity contribution in [3.63, 3.8) is 0 Å². The lowest BCUT2D eigenvalue weighted by molar-refractivity contribution is 0.0693. The Morgan fingerprint density at radius 1 is 0.889 bits per heavy atom. The third-order valence-corrected chi connectivity index (χ3v) is 2.51. The second-order valence-electron chi connectivity index (χ2n) is 3.73. The monoisotopic (exact) mass is 242 g/mol. The molecule has 0 aliphatic rings.